The monoisotopic (exact) mass is 517 g/mol. The Morgan fingerprint density at radius 3 is 2.42 bits per heavy atom. The number of fused-ring (bicyclic) bond motifs is 1. The first-order valence-electron chi connectivity index (χ1n) is 13.7. The van der Waals surface area contributed by atoms with Gasteiger partial charge < -0.3 is 23.8 Å². The maximum Gasteiger partial charge on any atom is 0.187 e. The average Bonchev–Trinajstić information content (AvgIpc) is 3.59. The zero-order chi connectivity index (χ0) is 26.5. The fourth-order valence-electron chi connectivity index (χ4n) is 5.66. The van der Waals surface area contributed by atoms with Gasteiger partial charge in [-0.15, -0.1) is 0 Å². The standard InChI is InChI=1S/C30H39N5O3/c1-31-24-8-5-23(6-9-24)19-34(4)28-12-10-25-27(32-38-30(25)26(28)20-33(2)3)11-7-22-13-15-35(16-14-22)21-29-36-17-18-37-29/h5-6,8-10,12,22,29H,7,11,13-21H2,2-4H3. The minimum absolute atomic E-state index is 0.0430. The number of likely N-dealkylation sites (tertiary alicyclic amines) is 1. The molecule has 3 heterocycles. The van der Waals surface area contributed by atoms with Crippen molar-refractivity contribution in [2.45, 2.75) is 45.1 Å². The second-order valence-electron chi connectivity index (χ2n) is 10.9. The van der Waals surface area contributed by atoms with E-state index in [9.17, 15) is 0 Å². The number of rotatable bonds is 10. The third-order valence-corrected chi connectivity index (χ3v) is 7.76. The van der Waals surface area contributed by atoms with E-state index in [1.54, 1.807) is 0 Å². The van der Waals surface area contributed by atoms with Crippen molar-refractivity contribution in [3.63, 3.8) is 0 Å². The molecule has 202 valence electrons. The number of piperidine rings is 1. The van der Waals surface area contributed by atoms with Crippen molar-refractivity contribution in [1.82, 2.24) is 15.0 Å². The number of aryl methyl sites for hydroxylation is 1. The van der Waals surface area contributed by atoms with E-state index in [1.165, 1.54) is 18.4 Å². The average molecular weight is 518 g/mol. The third kappa shape index (κ3) is 6.36. The summed E-state index contributed by atoms with van der Waals surface area (Å²) in [6, 6.07) is 12.2. The van der Waals surface area contributed by atoms with Crippen LogP contribution in [-0.2, 0) is 29.0 Å². The fraction of sp³-hybridized carbons (Fsp3) is 0.533. The normalized spacial score (nSPS) is 17.4. The predicted molar refractivity (Wildman–Crippen MR) is 149 cm³/mol. The van der Waals surface area contributed by atoms with E-state index in [0.29, 0.717) is 11.6 Å². The molecule has 0 atom stereocenters. The molecule has 2 saturated heterocycles. The molecule has 2 fully saturated rings. The van der Waals surface area contributed by atoms with Crippen LogP contribution < -0.4 is 4.90 Å². The highest BCUT2D eigenvalue weighted by Crippen LogP contribution is 2.33. The van der Waals surface area contributed by atoms with Crippen LogP contribution in [0.4, 0.5) is 11.4 Å². The van der Waals surface area contributed by atoms with E-state index in [2.05, 4.69) is 58.0 Å². The van der Waals surface area contributed by atoms with Gasteiger partial charge in [0.05, 0.1) is 25.5 Å². The molecule has 0 bridgehead atoms. The smallest absolute Gasteiger partial charge is 0.187 e. The Kier molecular flexibility index (Phi) is 8.60. The molecule has 0 amide bonds. The van der Waals surface area contributed by atoms with E-state index in [0.717, 1.165) is 86.7 Å². The molecule has 8 heteroatoms. The number of aromatic nitrogens is 1. The minimum atomic E-state index is -0.0430. The summed E-state index contributed by atoms with van der Waals surface area (Å²) >= 11 is 0. The van der Waals surface area contributed by atoms with Crippen LogP contribution in [0.5, 0.6) is 0 Å². The van der Waals surface area contributed by atoms with Gasteiger partial charge >= 0.3 is 0 Å². The second kappa shape index (κ2) is 12.3. The molecule has 0 N–H and O–H groups in total. The van der Waals surface area contributed by atoms with Gasteiger partial charge in [0.25, 0.3) is 0 Å². The maximum absolute atomic E-state index is 7.18. The molecule has 5 rings (SSSR count). The van der Waals surface area contributed by atoms with Crippen LogP contribution in [0.1, 0.15) is 36.1 Å². The quantitative estimate of drug-likeness (QED) is 0.347. The lowest BCUT2D eigenvalue weighted by Crippen LogP contribution is -2.39. The number of anilines is 1. The SMILES string of the molecule is [C-]#[N+]c1ccc(CN(C)c2ccc3c(CCC4CCN(CC5OCCO5)CC4)noc3c2CN(C)C)cc1. The Labute approximate surface area is 225 Å². The first-order valence-corrected chi connectivity index (χ1v) is 13.7. The number of hydrogen-bond donors (Lipinski definition) is 0. The zero-order valence-corrected chi connectivity index (χ0v) is 22.9. The molecule has 0 spiro atoms. The maximum atomic E-state index is 7.18. The molecule has 2 aliphatic rings. The van der Waals surface area contributed by atoms with Gasteiger partial charge in [-0.1, -0.05) is 29.4 Å². The number of ether oxygens (including phenoxy) is 2. The minimum Gasteiger partial charge on any atom is -0.370 e. The van der Waals surface area contributed by atoms with E-state index in [1.807, 2.05) is 24.3 Å². The van der Waals surface area contributed by atoms with Crippen LogP contribution in [0.25, 0.3) is 15.8 Å². The molecule has 2 aromatic carbocycles. The summed E-state index contributed by atoms with van der Waals surface area (Å²) in [5.41, 5.74) is 6.11. The van der Waals surface area contributed by atoms with Crippen LogP contribution in [0.15, 0.2) is 40.9 Å². The summed E-state index contributed by atoms with van der Waals surface area (Å²) in [6.07, 6.45) is 4.45. The van der Waals surface area contributed by atoms with Crippen molar-refractivity contribution in [2.24, 2.45) is 5.92 Å². The highest BCUT2D eigenvalue weighted by molar-refractivity contribution is 5.87. The number of hydrogen-bond acceptors (Lipinski definition) is 7. The van der Waals surface area contributed by atoms with Gasteiger partial charge in [0.15, 0.2) is 17.6 Å². The topological polar surface area (TPSA) is 58.6 Å². The molecule has 0 unspecified atom stereocenters. The molecule has 3 aromatic rings. The molecular weight excluding hydrogens is 478 g/mol. The van der Waals surface area contributed by atoms with Crippen LogP contribution in [0.2, 0.25) is 0 Å². The summed E-state index contributed by atoms with van der Waals surface area (Å²) in [5, 5.41) is 5.68. The first-order chi connectivity index (χ1) is 18.5. The Hall–Kier alpha value is -2.96. The van der Waals surface area contributed by atoms with Crippen molar-refractivity contribution in [1.29, 1.82) is 0 Å². The van der Waals surface area contributed by atoms with Crippen molar-refractivity contribution in [3.05, 3.63) is 64.6 Å². The van der Waals surface area contributed by atoms with Gasteiger partial charge in [-0.3, -0.25) is 4.90 Å². The summed E-state index contributed by atoms with van der Waals surface area (Å²) in [5.74, 6) is 0.712. The first kappa shape index (κ1) is 26.6. The van der Waals surface area contributed by atoms with Crippen LogP contribution in [0, 0.1) is 12.5 Å². The lowest BCUT2D eigenvalue weighted by molar-refractivity contribution is -0.0661. The molecule has 2 aliphatic heterocycles. The Balaban J connectivity index is 1.24. The molecule has 8 nitrogen and oxygen atoms in total. The highest BCUT2D eigenvalue weighted by Gasteiger charge is 2.25. The van der Waals surface area contributed by atoms with Crippen LogP contribution >= 0.6 is 0 Å². The van der Waals surface area contributed by atoms with Gasteiger partial charge in [-0.05, 0) is 76.5 Å². The Morgan fingerprint density at radius 2 is 1.74 bits per heavy atom. The molecule has 38 heavy (non-hydrogen) atoms. The molecular formula is C30H39N5O3. The van der Waals surface area contributed by atoms with E-state index < -0.39 is 0 Å². The van der Waals surface area contributed by atoms with Crippen molar-refractivity contribution >= 4 is 22.3 Å². The lowest BCUT2D eigenvalue weighted by atomic mass is 9.91. The summed E-state index contributed by atoms with van der Waals surface area (Å²) in [6.45, 7) is 13.2. The Bertz CT molecular complexity index is 1240. The second-order valence-corrected chi connectivity index (χ2v) is 10.9. The summed E-state index contributed by atoms with van der Waals surface area (Å²) in [4.78, 5) is 10.4. The lowest BCUT2D eigenvalue weighted by Gasteiger charge is -2.32. The molecule has 0 aliphatic carbocycles. The van der Waals surface area contributed by atoms with E-state index in [4.69, 9.17) is 20.6 Å². The number of benzene rings is 2. The van der Waals surface area contributed by atoms with Crippen molar-refractivity contribution < 1.29 is 14.0 Å². The van der Waals surface area contributed by atoms with Gasteiger partial charge in [0.1, 0.15) is 0 Å². The van der Waals surface area contributed by atoms with Gasteiger partial charge in [-0.25, -0.2) is 4.85 Å². The van der Waals surface area contributed by atoms with Crippen LogP contribution in [0.3, 0.4) is 0 Å². The largest absolute Gasteiger partial charge is 0.370 e. The van der Waals surface area contributed by atoms with Gasteiger partial charge in [-0.2, -0.15) is 0 Å². The van der Waals surface area contributed by atoms with E-state index >= 15 is 0 Å². The van der Waals surface area contributed by atoms with Gasteiger partial charge in [0, 0.05) is 43.3 Å². The predicted octanol–water partition coefficient (Wildman–Crippen LogP) is 5.09. The third-order valence-electron chi connectivity index (χ3n) is 7.76. The van der Waals surface area contributed by atoms with Crippen molar-refractivity contribution in [2.75, 3.05) is 58.9 Å². The zero-order valence-electron chi connectivity index (χ0n) is 22.9. The highest BCUT2D eigenvalue weighted by atomic mass is 16.7. The Morgan fingerprint density at radius 1 is 1.00 bits per heavy atom. The molecule has 0 saturated carbocycles. The van der Waals surface area contributed by atoms with Gasteiger partial charge in [0.2, 0.25) is 0 Å². The van der Waals surface area contributed by atoms with Crippen molar-refractivity contribution in [3.8, 4) is 0 Å². The van der Waals surface area contributed by atoms with E-state index in [-0.39, 0.29) is 6.29 Å². The summed E-state index contributed by atoms with van der Waals surface area (Å²) < 4.78 is 17.2. The number of nitrogens with zero attached hydrogens (tertiary/aromatic N) is 5. The van der Waals surface area contributed by atoms with Crippen LogP contribution in [-0.4, -0.2) is 75.2 Å². The summed E-state index contributed by atoms with van der Waals surface area (Å²) in [7, 11) is 6.28. The molecule has 0 radical (unpaired) electrons. The molecule has 1 aromatic heterocycles. The fourth-order valence-corrected chi connectivity index (χ4v) is 5.66.